The van der Waals surface area contributed by atoms with E-state index in [1.54, 1.807) is 6.92 Å². The zero-order valence-corrected chi connectivity index (χ0v) is 12.1. The van der Waals surface area contributed by atoms with Crippen LogP contribution < -0.4 is 0 Å². The second-order valence-electron chi connectivity index (χ2n) is 5.16. The van der Waals surface area contributed by atoms with Crippen LogP contribution in [0.1, 0.15) is 43.1 Å². The highest BCUT2D eigenvalue weighted by Crippen LogP contribution is 2.15. The number of sulfone groups is 1. The molecule has 8 heteroatoms. The van der Waals surface area contributed by atoms with Crippen molar-refractivity contribution >= 4 is 15.7 Å². The lowest BCUT2D eigenvalue weighted by atomic mass is 10.2. The number of aromatic nitrogens is 3. The first-order valence-corrected chi connectivity index (χ1v) is 8.06. The predicted molar refractivity (Wildman–Crippen MR) is 69.6 cm³/mol. The normalized spacial score (nSPS) is 22.7. The van der Waals surface area contributed by atoms with Gasteiger partial charge in [-0.15, -0.1) is 5.10 Å². The number of carbonyl (C=O) groups is 1. The Morgan fingerprint density at radius 3 is 2.68 bits per heavy atom. The molecule has 1 fully saturated rings. The Kier molecular flexibility index (Phi) is 3.62. The van der Waals surface area contributed by atoms with Crippen molar-refractivity contribution in [1.82, 2.24) is 20.1 Å². The molecule has 2 heterocycles. The van der Waals surface area contributed by atoms with Gasteiger partial charge < -0.3 is 4.90 Å². The van der Waals surface area contributed by atoms with Crippen molar-refractivity contribution in [2.75, 3.05) is 18.1 Å². The summed E-state index contributed by atoms with van der Waals surface area (Å²) in [6, 6.07) is -0.341. The van der Waals surface area contributed by atoms with E-state index in [1.807, 2.05) is 13.8 Å². The van der Waals surface area contributed by atoms with Crippen LogP contribution >= 0.6 is 0 Å². The molecule has 0 radical (unpaired) electrons. The van der Waals surface area contributed by atoms with Crippen molar-refractivity contribution in [3.8, 4) is 0 Å². The van der Waals surface area contributed by atoms with Crippen molar-refractivity contribution < 1.29 is 13.2 Å². The summed E-state index contributed by atoms with van der Waals surface area (Å²) in [4.78, 5) is 17.9. The Morgan fingerprint density at radius 2 is 2.16 bits per heavy atom. The van der Waals surface area contributed by atoms with Crippen LogP contribution in [-0.4, -0.2) is 58.5 Å². The minimum Gasteiger partial charge on any atom is -0.331 e. The van der Waals surface area contributed by atoms with Gasteiger partial charge in [-0.1, -0.05) is 13.8 Å². The third kappa shape index (κ3) is 2.94. The van der Waals surface area contributed by atoms with Gasteiger partial charge in [-0.2, -0.15) is 0 Å². The Bertz CT molecular complexity index is 579. The van der Waals surface area contributed by atoms with Crippen LogP contribution in [0, 0.1) is 0 Å². The van der Waals surface area contributed by atoms with Gasteiger partial charge in [0, 0.05) is 18.5 Å². The van der Waals surface area contributed by atoms with Gasteiger partial charge in [0.1, 0.15) is 5.82 Å². The number of carbonyl (C=O) groups excluding carboxylic acids is 1. The first kappa shape index (κ1) is 14.0. The fourth-order valence-electron chi connectivity index (χ4n) is 2.06. The molecule has 0 spiro atoms. The van der Waals surface area contributed by atoms with Gasteiger partial charge in [-0.3, -0.25) is 9.89 Å². The number of hydrogen-bond acceptors (Lipinski definition) is 5. The standard InChI is InChI=1S/C11H18N4O3S/c1-7(2)9-12-10(14-13-9)11(16)15-4-5-19(17,18)6-8(15)3/h7-8H,4-6H2,1-3H3,(H,12,13,14). The van der Waals surface area contributed by atoms with Crippen LogP contribution in [0.15, 0.2) is 0 Å². The number of aromatic amines is 1. The lowest BCUT2D eigenvalue weighted by molar-refractivity contribution is 0.0700. The molecule has 0 aliphatic carbocycles. The first-order valence-electron chi connectivity index (χ1n) is 6.24. The van der Waals surface area contributed by atoms with Gasteiger partial charge >= 0.3 is 0 Å². The molecule has 1 aromatic heterocycles. The van der Waals surface area contributed by atoms with E-state index in [2.05, 4.69) is 15.2 Å². The number of rotatable bonds is 2. The van der Waals surface area contributed by atoms with E-state index in [9.17, 15) is 13.2 Å². The number of hydrogen-bond donors (Lipinski definition) is 1. The van der Waals surface area contributed by atoms with E-state index < -0.39 is 9.84 Å². The van der Waals surface area contributed by atoms with Crippen molar-refractivity contribution in [3.05, 3.63) is 11.6 Å². The molecular formula is C11H18N4O3S. The largest absolute Gasteiger partial charge is 0.331 e. The van der Waals surface area contributed by atoms with Gasteiger partial charge in [0.05, 0.1) is 11.5 Å². The summed E-state index contributed by atoms with van der Waals surface area (Å²) in [5, 5.41) is 6.64. The molecule has 1 saturated heterocycles. The maximum Gasteiger partial charge on any atom is 0.293 e. The molecule has 0 aromatic carbocycles. The monoisotopic (exact) mass is 286 g/mol. The molecule has 1 atom stereocenters. The third-order valence-corrected chi connectivity index (χ3v) is 4.97. The average Bonchev–Trinajstić information content (AvgIpc) is 2.76. The van der Waals surface area contributed by atoms with Crippen LogP contribution in [0.5, 0.6) is 0 Å². The summed E-state index contributed by atoms with van der Waals surface area (Å²) in [6.45, 7) is 5.83. The summed E-state index contributed by atoms with van der Waals surface area (Å²) >= 11 is 0. The van der Waals surface area contributed by atoms with Crippen LogP contribution in [0.2, 0.25) is 0 Å². The molecule has 1 aliphatic rings. The predicted octanol–water partition coefficient (Wildman–Crippen LogP) is 0.187. The highest BCUT2D eigenvalue weighted by molar-refractivity contribution is 7.91. The lowest BCUT2D eigenvalue weighted by Crippen LogP contribution is -2.50. The van der Waals surface area contributed by atoms with Gasteiger partial charge in [0.2, 0.25) is 5.82 Å². The summed E-state index contributed by atoms with van der Waals surface area (Å²) in [7, 11) is -3.03. The molecule has 106 valence electrons. The summed E-state index contributed by atoms with van der Waals surface area (Å²) in [6.07, 6.45) is 0. The number of H-pyrrole nitrogens is 1. The maximum atomic E-state index is 12.2. The molecule has 19 heavy (non-hydrogen) atoms. The third-order valence-electron chi connectivity index (χ3n) is 3.17. The molecule has 1 N–H and O–H groups in total. The van der Waals surface area contributed by atoms with Crippen molar-refractivity contribution in [3.63, 3.8) is 0 Å². The second-order valence-corrected chi connectivity index (χ2v) is 7.39. The molecule has 1 aliphatic heterocycles. The Morgan fingerprint density at radius 1 is 1.47 bits per heavy atom. The minimum absolute atomic E-state index is 0.000199. The Labute approximate surface area is 112 Å². The molecule has 1 unspecified atom stereocenters. The highest BCUT2D eigenvalue weighted by Gasteiger charge is 2.33. The highest BCUT2D eigenvalue weighted by atomic mass is 32.2. The van der Waals surface area contributed by atoms with E-state index in [-0.39, 0.29) is 41.7 Å². The topological polar surface area (TPSA) is 96.0 Å². The lowest BCUT2D eigenvalue weighted by Gasteiger charge is -2.32. The average molecular weight is 286 g/mol. The zero-order chi connectivity index (χ0) is 14.2. The fourth-order valence-corrected chi connectivity index (χ4v) is 3.61. The maximum absolute atomic E-state index is 12.2. The number of nitrogens with zero attached hydrogens (tertiary/aromatic N) is 3. The fraction of sp³-hybridized carbons (Fsp3) is 0.727. The van der Waals surface area contributed by atoms with E-state index in [0.717, 1.165) is 0 Å². The molecule has 1 aromatic rings. The van der Waals surface area contributed by atoms with Crippen LogP contribution in [0.4, 0.5) is 0 Å². The SMILES string of the molecule is CC(C)c1nc(C(=O)N2CCS(=O)(=O)CC2C)n[nH]1. The molecule has 7 nitrogen and oxygen atoms in total. The molecule has 2 rings (SSSR count). The second kappa shape index (κ2) is 4.92. The van der Waals surface area contributed by atoms with Gasteiger partial charge in [0.25, 0.3) is 5.91 Å². The van der Waals surface area contributed by atoms with E-state index >= 15 is 0 Å². The Hall–Kier alpha value is -1.44. The molecule has 1 amide bonds. The summed E-state index contributed by atoms with van der Waals surface area (Å²) in [5.74, 6) is 0.610. The zero-order valence-electron chi connectivity index (χ0n) is 11.3. The minimum atomic E-state index is -3.03. The molecular weight excluding hydrogens is 268 g/mol. The molecule has 0 bridgehead atoms. The van der Waals surface area contributed by atoms with Crippen molar-refractivity contribution in [2.45, 2.75) is 32.7 Å². The quantitative estimate of drug-likeness (QED) is 0.837. The van der Waals surface area contributed by atoms with E-state index in [0.29, 0.717) is 5.82 Å². The van der Waals surface area contributed by atoms with E-state index in [1.165, 1.54) is 4.90 Å². The van der Waals surface area contributed by atoms with Crippen LogP contribution in [0.3, 0.4) is 0 Å². The smallest absolute Gasteiger partial charge is 0.293 e. The number of nitrogens with one attached hydrogen (secondary N) is 1. The van der Waals surface area contributed by atoms with Crippen LogP contribution in [-0.2, 0) is 9.84 Å². The van der Waals surface area contributed by atoms with Crippen molar-refractivity contribution in [2.24, 2.45) is 0 Å². The van der Waals surface area contributed by atoms with Gasteiger partial charge in [-0.25, -0.2) is 13.4 Å². The van der Waals surface area contributed by atoms with Gasteiger partial charge in [0.15, 0.2) is 9.84 Å². The van der Waals surface area contributed by atoms with Crippen LogP contribution in [0.25, 0.3) is 0 Å². The molecule has 0 saturated carbocycles. The number of amides is 1. The first-order chi connectivity index (χ1) is 8.80. The summed E-state index contributed by atoms with van der Waals surface area (Å²) in [5.41, 5.74) is 0. The van der Waals surface area contributed by atoms with E-state index in [4.69, 9.17) is 0 Å². The van der Waals surface area contributed by atoms with Gasteiger partial charge in [-0.05, 0) is 6.92 Å². The summed E-state index contributed by atoms with van der Waals surface area (Å²) < 4.78 is 23.0. The van der Waals surface area contributed by atoms with Crippen molar-refractivity contribution in [1.29, 1.82) is 0 Å². The Balaban J connectivity index is 2.15.